The van der Waals surface area contributed by atoms with Gasteiger partial charge in [0.1, 0.15) is 0 Å². The van der Waals surface area contributed by atoms with Crippen molar-refractivity contribution in [2.24, 2.45) is 0 Å². The molecule has 0 atom stereocenters. The minimum absolute atomic E-state index is 0.793. The first kappa shape index (κ1) is 10.4. The van der Waals surface area contributed by atoms with Crippen molar-refractivity contribution in [1.29, 1.82) is 0 Å². The van der Waals surface area contributed by atoms with Gasteiger partial charge in [-0.3, -0.25) is 9.58 Å². The fourth-order valence-electron chi connectivity index (χ4n) is 1.85. The van der Waals surface area contributed by atoms with Crippen molar-refractivity contribution >= 4 is 0 Å². The second-order valence-corrected chi connectivity index (χ2v) is 3.89. The van der Waals surface area contributed by atoms with E-state index >= 15 is 0 Å². The van der Waals surface area contributed by atoms with Gasteiger partial charge in [-0.05, 0) is 0 Å². The van der Waals surface area contributed by atoms with Gasteiger partial charge in [-0.2, -0.15) is 5.10 Å². The first-order valence-corrected chi connectivity index (χ1v) is 5.44. The van der Waals surface area contributed by atoms with Crippen molar-refractivity contribution in [2.45, 2.75) is 13.1 Å². The largest absolute Gasteiger partial charge is 0.314 e. The predicted octanol–water partition coefficient (Wildman–Crippen LogP) is 0.474. The number of allylic oxidation sites excluding steroid dienone is 1. The summed E-state index contributed by atoms with van der Waals surface area (Å²) in [6.45, 7) is 9.97. The Morgan fingerprint density at radius 1 is 1.47 bits per heavy atom. The summed E-state index contributed by atoms with van der Waals surface area (Å²) >= 11 is 0. The number of aromatic nitrogens is 2. The first-order chi connectivity index (χ1) is 7.38. The Bertz CT molecular complexity index is 312. The number of nitrogens with one attached hydrogen (secondary N) is 1. The average Bonchev–Trinajstić information content (AvgIpc) is 2.68. The highest BCUT2D eigenvalue weighted by Crippen LogP contribution is 2.04. The summed E-state index contributed by atoms with van der Waals surface area (Å²) in [6.07, 6.45) is 5.91. The molecule has 2 heterocycles. The summed E-state index contributed by atoms with van der Waals surface area (Å²) in [4.78, 5) is 2.45. The van der Waals surface area contributed by atoms with Crippen molar-refractivity contribution in [1.82, 2.24) is 20.0 Å². The maximum atomic E-state index is 4.27. The molecule has 15 heavy (non-hydrogen) atoms. The van der Waals surface area contributed by atoms with Gasteiger partial charge in [-0.25, -0.2) is 0 Å². The van der Waals surface area contributed by atoms with Crippen molar-refractivity contribution in [3.8, 4) is 0 Å². The molecule has 4 nitrogen and oxygen atoms in total. The molecule has 0 spiro atoms. The summed E-state index contributed by atoms with van der Waals surface area (Å²) in [5, 5.41) is 7.62. The second-order valence-electron chi connectivity index (χ2n) is 3.89. The molecule has 1 saturated heterocycles. The molecular formula is C11H18N4. The molecule has 0 aromatic carbocycles. The molecule has 4 heteroatoms. The lowest BCUT2D eigenvalue weighted by Gasteiger charge is -2.26. The molecule has 2 rings (SSSR count). The Hall–Kier alpha value is -1.13. The van der Waals surface area contributed by atoms with Crippen LogP contribution in [0.5, 0.6) is 0 Å². The molecule has 1 aliphatic rings. The van der Waals surface area contributed by atoms with Gasteiger partial charge in [-0.1, -0.05) is 6.08 Å². The van der Waals surface area contributed by atoms with E-state index in [1.54, 1.807) is 0 Å². The van der Waals surface area contributed by atoms with Crippen LogP contribution in [0.15, 0.2) is 25.0 Å². The van der Waals surface area contributed by atoms with E-state index < -0.39 is 0 Å². The molecule has 0 unspecified atom stereocenters. The zero-order valence-electron chi connectivity index (χ0n) is 9.02. The second kappa shape index (κ2) is 5.09. The van der Waals surface area contributed by atoms with E-state index in [2.05, 4.69) is 28.1 Å². The van der Waals surface area contributed by atoms with Crippen LogP contribution in [0.2, 0.25) is 0 Å². The summed E-state index contributed by atoms with van der Waals surface area (Å²) in [5.74, 6) is 0. The molecule has 0 aliphatic carbocycles. The van der Waals surface area contributed by atoms with Gasteiger partial charge in [0.15, 0.2) is 0 Å². The van der Waals surface area contributed by atoms with Crippen LogP contribution in [0.1, 0.15) is 5.56 Å². The summed E-state index contributed by atoms with van der Waals surface area (Å²) in [7, 11) is 0. The van der Waals surface area contributed by atoms with E-state index in [0.29, 0.717) is 0 Å². The van der Waals surface area contributed by atoms with E-state index in [1.165, 1.54) is 5.56 Å². The Balaban J connectivity index is 1.88. The van der Waals surface area contributed by atoms with Crippen molar-refractivity contribution < 1.29 is 0 Å². The Labute approximate surface area is 90.6 Å². The van der Waals surface area contributed by atoms with Crippen LogP contribution >= 0.6 is 0 Å². The molecule has 82 valence electrons. The highest BCUT2D eigenvalue weighted by atomic mass is 15.3. The van der Waals surface area contributed by atoms with Crippen LogP contribution in [0.3, 0.4) is 0 Å². The van der Waals surface area contributed by atoms with E-state index in [1.807, 2.05) is 17.0 Å². The molecule has 0 bridgehead atoms. The quantitative estimate of drug-likeness (QED) is 0.727. The molecule has 1 N–H and O–H groups in total. The SMILES string of the molecule is C=CCn1cc(CN2CCNCC2)cn1. The van der Waals surface area contributed by atoms with Crippen molar-refractivity contribution in [3.05, 3.63) is 30.6 Å². The van der Waals surface area contributed by atoms with Crippen LogP contribution in [-0.2, 0) is 13.1 Å². The molecule has 0 radical (unpaired) electrons. The lowest BCUT2D eigenvalue weighted by atomic mass is 10.3. The zero-order valence-corrected chi connectivity index (χ0v) is 9.02. The van der Waals surface area contributed by atoms with Crippen LogP contribution in [-0.4, -0.2) is 40.9 Å². The smallest absolute Gasteiger partial charge is 0.0587 e. The minimum atomic E-state index is 0.793. The van der Waals surface area contributed by atoms with E-state index in [-0.39, 0.29) is 0 Å². The predicted molar refractivity (Wildman–Crippen MR) is 60.6 cm³/mol. The normalized spacial score (nSPS) is 17.9. The van der Waals surface area contributed by atoms with Crippen LogP contribution in [0.25, 0.3) is 0 Å². The summed E-state index contributed by atoms with van der Waals surface area (Å²) in [5.41, 5.74) is 1.29. The minimum Gasteiger partial charge on any atom is -0.314 e. The fourth-order valence-corrected chi connectivity index (χ4v) is 1.85. The zero-order chi connectivity index (χ0) is 10.5. The summed E-state index contributed by atoms with van der Waals surface area (Å²) in [6, 6.07) is 0. The van der Waals surface area contributed by atoms with Gasteiger partial charge >= 0.3 is 0 Å². The fraction of sp³-hybridized carbons (Fsp3) is 0.545. The molecule has 1 aliphatic heterocycles. The molecule has 1 aromatic rings. The standard InChI is InChI=1S/C11H18N4/c1-2-5-15-10-11(8-13-15)9-14-6-3-12-4-7-14/h2,8,10,12H,1,3-7,9H2. The van der Waals surface area contributed by atoms with Crippen LogP contribution < -0.4 is 5.32 Å². The third kappa shape index (κ3) is 2.91. The van der Waals surface area contributed by atoms with Gasteiger partial charge < -0.3 is 5.32 Å². The lowest BCUT2D eigenvalue weighted by Crippen LogP contribution is -2.42. The topological polar surface area (TPSA) is 33.1 Å². The highest BCUT2D eigenvalue weighted by molar-refractivity contribution is 5.04. The maximum Gasteiger partial charge on any atom is 0.0587 e. The Kier molecular flexibility index (Phi) is 3.53. The maximum absolute atomic E-state index is 4.27. The van der Waals surface area contributed by atoms with Crippen LogP contribution in [0.4, 0.5) is 0 Å². The molecular weight excluding hydrogens is 188 g/mol. The first-order valence-electron chi connectivity index (χ1n) is 5.44. The van der Waals surface area contributed by atoms with Gasteiger partial charge in [-0.15, -0.1) is 6.58 Å². The average molecular weight is 206 g/mol. The molecule has 0 amide bonds. The highest BCUT2D eigenvalue weighted by Gasteiger charge is 2.10. The number of nitrogens with zero attached hydrogens (tertiary/aromatic N) is 3. The van der Waals surface area contributed by atoms with Gasteiger partial charge in [0.05, 0.1) is 12.7 Å². The van der Waals surface area contributed by atoms with Gasteiger partial charge in [0.25, 0.3) is 0 Å². The Morgan fingerprint density at radius 3 is 3.00 bits per heavy atom. The number of rotatable bonds is 4. The van der Waals surface area contributed by atoms with Gasteiger partial charge in [0, 0.05) is 44.5 Å². The molecule has 1 aromatic heterocycles. The van der Waals surface area contributed by atoms with E-state index in [0.717, 1.165) is 39.3 Å². The van der Waals surface area contributed by atoms with E-state index in [4.69, 9.17) is 0 Å². The lowest BCUT2D eigenvalue weighted by molar-refractivity contribution is 0.233. The monoisotopic (exact) mass is 206 g/mol. The Morgan fingerprint density at radius 2 is 2.27 bits per heavy atom. The van der Waals surface area contributed by atoms with E-state index in [9.17, 15) is 0 Å². The van der Waals surface area contributed by atoms with Crippen molar-refractivity contribution in [3.63, 3.8) is 0 Å². The number of hydrogen-bond donors (Lipinski definition) is 1. The molecule has 1 fully saturated rings. The van der Waals surface area contributed by atoms with Crippen molar-refractivity contribution in [2.75, 3.05) is 26.2 Å². The summed E-state index contributed by atoms with van der Waals surface area (Å²) < 4.78 is 1.92. The third-order valence-corrected chi connectivity index (χ3v) is 2.62. The third-order valence-electron chi connectivity index (χ3n) is 2.62. The number of piperazine rings is 1. The molecule has 0 saturated carbocycles. The number of hydrogen-bond acceptors (Lipinski definition) is 3. The van der Waals surface area contributed by atoms with Crippen LogP contribution in [0, 0.1) is 0 Å². The van der Waals surface area contributed by atoms with Gasteiger partial charge in [0.2, 0.25) is 0 Å².